The second-order valence-electron chi connectivity index (χ2n) is 2.56. The molecule has 0 aliphatic heterocycles. The number of hydrogen-bond donors (Lipinski definition) is 1. The van der Waals surface area contributed by atoms with Gasteiger partial charge < -0.3 is 24.5 Å². The predicted octanol–water partition coefficient (Wildman–Crippen LogP) is -0.200. The Morgan fingerprint density at radius 1 is 1.64 bits per heavy atom. The number of hydrogen-bond acceptors (Lipinski definition) is 5. The van der Waals surface area contributed by atoms with E-state index in [0.29, 0.717) is 13.2 Å². The summed E-state index contributed by atoms with van der Waals surface area (Å²) in [5, 5.41) is 18.7. The number of nitro groups is 1. The number of aromatic nitrogens is 2. The highest BCUT2D eigenvalue weighted by molar-refractivity contribution is 5.12. The van der Waals surface area contributed by atoms with Gasteiger partial charge in [-0.3, -0.25) is 0 Å². The third-order valence-corrected chi connectivity index (χ3v) is 1.54. The minimum absolute atomic E-state index is 0.0237. The highest BCUT2D eigenvalue weighted by Crippen LogP contribution is 2.04. The lowest BCUT2D eigenvalue weighted by Gasteiger charge is -2.00. The van der Waals surface area contributed by atoms with Crippen LogP contribution in [0.25, 0.3) is 0 Å². The Morgan fingerprint density at radius 3 is 3.00 bits per heavy atom. The molecule has 0 fully saturated rings. The van der Waals surface area contributed by atoms with E-state index in [1.54, 1.807) is 4.57 Å². The maximum atomic E-state index is 10.3. The average Bonchev–Trinajstić information content (AvgIpc) is 2.61. The molecule has 1 aromatic rings. The minimum Gasteiger partial charge on any atom is -0.394 e. The van der Waals surface area contributed by atoms with Crippen molar-refractivity contribution in [1.29, 1.82) is 0 Å². The second kappa shape index (κ2) is 5.30. The Labute approximate surface area is 80.1 Å². The zero-order chi connectivity index (χ0) is 10.4. The number of rotatable bonds is 6. The van der Waals surface area contributed by atoms with Gasteiger partial charge in [-0.1, -0.05) is 0 Å². The van der Waals surface area contributed by atoms with Crippen molar-refractivity contribution in [2.45, 2.75) is 6.54 Å². The van der Waals surface area contributed by atoms with Gasteiger partial charge in [0.2, 0.25) is 6.33 Å². The molecule has 0 radical (unpaired) electrons. The largest absolute Gasteiger partial charge is 0.394 e. The maximum Gasteiger partial charge on any atom is 0.381 e. The second-order valence-corrected chi connectivity index (χ2v) is 2.56. The molecule has 1 rings (SSSR count). The van der Waals surface area contributed by atoms with Crippen LogP contribution in [-0.4, -0.2) is 39.4 Å². The third kappa shape index (κ3) is 3.11. The molecule has 0 saturated heterocycles. The first-order valence-electron chi connectivity index (χ1n) is 4.09. The fourth-order valence-electron chi connectivity index (χ4n) is 0.901. The molecule has 0 spiro atoms. The van der Waals surface area contributed by atoms with Crippen LogP contribution in [0.15, 0.2) is 12.5 Å². The molecule has 0 unspecified atom stereocenters. The molecule has 1 heterocycles. The summed E-state index contributed by atoms with van der Waals surface area (Å²) in [5.74, 6) is -0.174. The van der Waals surface area contributed by atoms with Gasteiger partial charge in [-0.05, 0) is 9.91 Å². The maximum absolute atomic E-state index is 10.3. The quantitative estimate of drug-likeness (QED) is 0.391. The molecule has 7 nitrogen and oxygen atoms in total. The molecular formula is C7H11N3O4. The molecule has 0 bridgehead atoms. The smallest absolute Gasteiger partial charge is 0.381 e. The van der Waals surface area contributed by atoms with Gasteiger partial charge >= 0.3 is 5.82 Å². The van der Waals surface area contributed by atoms with E-state index in [-0.39, 0.29) is 19.0 Å². The first-order valence-corrected chi connectivity index (χ1v) is 4.09. The van der Waals surface area contributed by atoms with E-state index < -0.39 is 4.92 Å². The lowest BCUT2D eigenvalue weighted by molar-refractivity contribution is -0.389. The summed E-state index contributed by atoms with van der Waals surface area (Å²) in [6, 6.07) is 0. The first kappa shape index (κ1) is 10.6. The van der Waals surface area contributed by atoms with E-state index in [2.05, 4.69) is 4.98 Å². The molecule has 1 aromatic heterocycles. The molecule has 78 valence electrons. The van der Waals surface area contributed by atoms with Gasteiger partial charge in [-0.2, -0.15) is 0 Å². The highest BCUT2D eigenvalue weighted by atomic mass is 16.6. The minimum atomic E-state index is -0.551. The Kier molecular flexibility index (Phi) is 4.02. The molecule has 7 heteroatoms. The molecule has 0 saturated carbocycles. The number of ether oxygens (including phenoxy) is 1. The number of aliphatic hydroxyl groups is 1. The van der Waals surface area contributed by atoms with E-state index in [9.17, 15) is 10.1 Å². The van der Waals surface area contributed by atoms with Crippen molar-refractivity contribution < 1.29 is 14.8 Å². The van der Waals surface area contributed by atoms with Crippen LogP contribution in [0.3, 0.4) is 0 Å². The summed E-state index contributed by atoms with van der Waals surface area (Å²) in [4.78, 5) is 13.3. The van der Waals surface area contributed by atoms with Crippen LogP contribution in [0.2, 0.25) is 0 Å². The zero-order valence-corrected chi connectivity index (χ0v) is 7.50. The third-order valence-electron chi connectivity index (χ3n) is 1.54. The summed E-state index contributed by atoms with van der Waals surface area (Å²) >= 11 is 0. The monoisotopic (exact) mass is 201 g/mol. The van der Waals surface area contributed by atoms with Crippen LogP contribution in [0.5, 0.6) is 0 Å². The number of aliphatic hydroxyl groups excluding tert-OH is 1. The van der Waals surface area contributed by atoms with E-state index in [4.69, 9.17) is 9.84 Å². The van der Waals surface area contributed by atoms with Gasteiger partial charge in [0.15, 0.2) is 0 Å². The van der Waals surface area contributed by atoms with Crippen LogP contribution in [-0.2, 0) is 11.3 Å². The Bertz CT molecular complexity index is 299. The molecule has 0 amide bonds. The van der Waals surface area contributed by atoms with Crippen molar-refractivity contribution in [2.75, 3.05) is 19.8 Å². The highest BCUT2D eigenvalue weighted by Gasteiger charge is 2.08. The Balaban J connectivity index is 2.33. The molecule has 1 N–H and O–H groups in total. The van der Waals surface area contributed by atoms with Crippen molar-refractivity contribution in [1.82, 2.24) is 9.55 Å². The summed E-state index contributed by atoms with van der Waals surface area (Å²) in [7, 11) is 0. The van der Waals surface area contributed by atoms with Crippen LogP contribution in [0.4, 0.5) is 5.82 Å². The van der Waals surface area contributed by atoms with Crippen molar-refractivity contribution >= 4 is 5.82 Å². The van der Waals surface area contributed by atoms with Crippen molar-refractivity contribution in [3.63, 3.8) is 0 Å². The summed E-state index contributed by atoms with van der Waals surface area (Å²) in [6.07, 6.45) is 2.71. The van der Waals surface area contributed by atoms with Gasteiger partial charge in [-0.25, -0.2) is 0 Å². The Morgan fingerprint density at radius 2 is 2.43 bits per heavy atom. The lowest BCUT2D eigenvalue weighted by atomic mass is 10.6. The van der Waals surface area contributed by atoms with Gasteiger partial charge in [0.25, 0.3) is 0 Å². The number of nitrogens with zero attached hydrogens (tertiary/aromatic N) is 3. The standard InChI is InChI=1S/C7H11N3O4/c11-2-4-14-3-1-9-5-7(8-6-9)10(12)13/h5-6,11H,1-4H2. The van der Waals surface area contributed by atoms with E-state index in [1.165, 1.54) is 12.5 Å². The number of imidazole rings is 1. The first-order chi connectivity index (χ1) is 6.74. The van der Waals surface area contributed by atoms with Crippen LogP contribution in [0, 0.1) is 10.1 Å². The zero-order valence-electron chi connectivity index (χ0n) is 7.50. The molecule has 0 atom stereocenters. The summed E-state index contributed by atoms with van der Waals surface area (Å²) in [5.41, 5.74) is 0. The fraction of sp³-hybridized carbons (Fsp3) is 0.571. The summed E-state index contributed by atoms with van der Waals surface area (Å²) in [6.45, 7) is 1.13. The van der Waals surface area contributed by atoms with Gasteiger partial charge in [-0.15, -0.1) is 0 Å². The van der Waals surface area contributed by atoms with Gasteiger partial charge in [0, 0.05) is 6.54 Å². The molecular weight excluding hydrogens is 190 g/mol. The van der Waals surface area contributed by atoms with E-state index in [1.807, 2.05) is 0 Å². The lowest BCUT2D eigenvalue weighted by Crippen LogP contribution is -2.06. The molecule has 0 aromatic carbocycles. The topological polar surface area (TPSA) is 90.4 Å². The van der Waals surface area contributed by atoms with Gasteiger partial charge in [0.1, 0.15) is 6.20 Å². The van der Waals surface area contributed by atoms with Crippen molar-refractivity contribution in [2.24, 2.45) is 0 Å². The normalized spacial score (nSPS) is 10.4. The predicted molar refractivity (Wildman–Crippen MR) is 46.8 cm³/mol. The Hall–Kier alpha value is -1.47. The summed E-state index contributed by atoms with van der Waals surface area (Å²) < 4.78 is 6.55. The fourth-order valence-corrected chi connectivity index (χ4v) is 0.901. The van der Waals surface area contributed by atoms with Gasteiger partial charge in [0.05, 0.1) is 19.8 Å². The van der Waals surface area contributed by atoms with Crippen LogP contribution >= 0.6 is 0 Å². The average molecular weight is 201 g/mol. The van der Waals surface area contributed by atoms with E-state index >= 15 is 0 Å². The van der Waals surface area contributed by atoms with E-state index in [0.717, 1.165) is 0 Å². The van der Waals surface area contributed by atoms with Crippen molar-refractivity contribution in [3.8, 4) is 0 Å². The SMILES string of the molecule is O=[N+]([O-])c1cn(CCOCCO)cn1. The van der Waals surface area contributed by atoms with Crippen molar-refractivity contribution in [3.05, 3.63) is 22.6 Å². The van der Waals surface area contributed by atoms with Crippen LogP contribution in [0.1, 0.15) is 0 Å². The molecule has 0 aliphatic carbocycles. The molecule has 14 heavy (non-hydrogen) atoms. The van der Waals surface area contributed by atoms with Crippen LogP contribution < -0.4 is 0 Å². The molecule has 0 aliphatic rings.